The summed E-state index contributed by atoms with van der Waals surface area (Å²) in [5.41, 5.74) is 0. The minimum Gasteiger partial charge on any atom is -0.352 e. The van der Waals surface area contributed by atoms with Crippen molar-refractivity contribution in [1.82, 2.24) is 15.0 Å². The van der Waals surface area contributed by atoms with Crippen molar-refractivity contribution in [1.29, 1.82) is 0 Å². The first kappa shape index (κ1) is 16.8. The van der Waals surface area contributed by atoms with Crippen LogP contribution in [0.4, 0.5) is 17.8 Å². The van der Waals surface area contributed by atoms with Gasteiger partial charge in [0.2, 0.25) is 17.8 Å². The van der Waals surface area contributed by atoms with E-state index in [0.717, 1.165) is 31.9 Å². The average Bonchev–Trinajstić information content (AvgIpc) is 2.55. The standard InChI is InChI=1S/C16H30N6/c1-5-12(3)17-14-19-15(18-13(4)6-2)21-16(20-14)22-10-8-7-9-11-22/h12-13H,5-11H2,1-4H3,(H2,17,18,19,20,21)/t12-,13-/m1/s1. The van der Waals surface area contributed by atoms with Gasteiger partial charge in [-0.15, -0.1) is 0 Å². The zero-order valence-electron chi connectivity index (χ0n) is 14.4. The topological polar surface area (TPSA) is 66.0 Å². The van der Waals surface area contributed by atoms with E-state index in [-0.39, 0.29) is 0 Å². The maximum absolute atomic E-state index is 4.63. The molecule has 2 atom stereocenters. The highest BCUT2D eigenvalue weighted by Gasteiger charge is 2.17. The Morgan fingerprint density at radius 3 is 1.82 bits per heavy atom. The second-order valence-corrected chi connectivity index (χ2v) is 6.24. The lowest BCUT2D eigenvalue weighted by Gasteiger charge is -2.27. The Kier molecular flexibility index (Phi) is 6.21. The molecule has 1 fully saturated rings. The molecule has 1 aliphatic rings. The van der Waals surface area contributed by atoms with Gasteiger partial charge in [0.15, 0.2) is 0 Å². The summed E-state index contributed by atoms with van der Waals surface area (Å²) >= 11 is 0. The summed E-state index contributed by atoms with van der Waals surface area (Å²) in [5, 5.41) is 6.75. The second kappa shape index (κ2) is 8.15. The van der Waals surface area contributed by atoms with Crippen LogP contribution in [0, 0.1) is 0 Å². The monoisotopic (exact) mass is 306 g/mol. The van der Waals surface area contributed by atoms with Gasteiger partial charge in [-0.2, -0.15) is 15.0 Å². The lowest BCUT2D eigenvalue weighted by atomic mass is 10.1. The summed E-state index contributed by atoms with van der Waals surface area (Å²) in [5.74, 6) is 2.15. The van der Waals surface area contributed by atoms with E-state index in [9.17, 15) is 0 Å². The lowest BCUT2D eigenvalue weighted by molar-refractivity contribution is 0.567. The van der Waals surface area contributed by atoms with E-state index in [1.165, 1.54) is 19.3 Å². The maximum atomic E-state index is 4.63. The van der Waals surface area contributed by atoms with Crippen LogP contribution in [-0.4, -0.2) is 40.1 Å². The van der Waals surface area contributed by atoms with Crippen LogP contribution in [-0.2, 0) is 0 Å². The third kappa shape index (κ3) is 4.71. The zero-order chi connectivity index (χ0) is 15.9. The molecule has 6 heteroatoms. The molecule has 0 bridgehead atoms. The second-order valence-electron chi connectivity index (χ2n) is 6.24. The van der Waals surface area contributed by atoms with Gasteiger partial charge in [-0.05, 0) is 46.0 Å². The Morgan fingerprint density at radius 2 is 1.36 bits per heavy atom. The molecule has 0 aromatic carbocycles. The third-order valence-electron chi connectivity index (χ3n) is 4.24. The molecule has 0 aliphatic carbocycles. The van der Waals surface area contributed by atoms with E-state index in [0.29, 0.717) is 24.0 Å². The van der Waals surface area contributed by atoms with Gasteiger partial charge >= 0.3 is 0 Å². The maximum Gasteiger partial charge on any atom is 0.231 e. The van der Waals surface area contributed by atoms with Crippen LogP contribution in [0.5, 0.6) is 0 Å². The normalized spacial score (nSPS) is 17.9. The van der Waals surface area contributed by atoms with Crippen molar-refractivity contribution in [2.45, 2.75) is 71.9 Å². The Bertz CT molecular complexity index is 428. The van der Waals surface area contributed by atoms with Crippen molar-refractivity contribution in [2.24, 2.45) is 0 Å². The van der Waals surface area contributed by atoms with E-state index in [1.807, 2.05) is 0 Å². The van der Waals surface area contributed by atoms with Gasteiger partial charge in [0.1, 0.15) is 0 Å². The molecule has 1 aromatic heterocycles. The smallest absolute Gasteiger partial charge is 0.231 e. The summed E-state index contributed by atoms with van der Waals surface area (Å²) in [6.45, 7) is 10.7. The Balaban J connectivity index is 2.22. The van der Waals surface area contributed by atoms with Gasteiger partial charge in [0.05, 0.1) is 0 Å². The van der Waals surface area contributed by atoms with Crippen molar-refractivity contribution in [3.8, 4) is 0 Å². The van der Waals surface area contributed by atoms with Crippen LogP contribution in [0.15, 0.2) is 0 Å². The van der Waals surface area contributed by atoms with Crippen molar-refractivity contribution in [3.05, 3.63) is 0 Å². The van der Waals surface area contributed by atoms with E-state index in [2.05, 4.69) is 58.2 Å². The average molecular weight is 306 g/mol. The van der Waals surface area contributed by atoms with E-state index in [1.54, 1.807) is 0 Å². The molecule has 0 unspecified atom stereocenters. The molecule has 22 heavy (non-hydrogen) atoms. The summed E-state index contributed by atoms with van der Waals surface area (Å²) in [4.78, 5) is 16.1. The SMILES string of the molecule is CC[C@@H](C)Nc1nc(N[C@H](C)CC)nc(N2CCCCC2)n1. The molecule has 0 amide bonds. The highest BCUT2D eigenvalue weighted by atomic mass is 15.3. The summed E-state index contributed by atoms with van der Waals surface area (Å²) in [6.07, 6.45) is 5.82. The number of piperidine rings is 1. The Morgan fingerprint density at radius 1 is 0.864 bits per heavy atom. The van der Waals surface area contributed by atoms with Gasteiger partial charge in [0.25, 0.3) is 0 Å². The van der Waals surface area contributed by atoms with E-state index >= 15 is 0 Å². The molecule has 1 aromatic rings. The summed E-state index contributed by atoms with van der Waals surface area (Å²) < 4.78 is 0. The van der Waals surface area contributed by atoms with Crippen molar-refractivity contribution >= 4 is 17.8 Å². The predicted molar refractivity (Wildman–Crippen MR) is 92.6 cm³/mol. The van der Waals surface area contributed by atoms with Crippen LogP contribution in [0.1, 0.15) is 59.8 Å². The number of hydrogen-bond acceptors (Lipinski definition) is 6. The molecule has 0 spiro atoms. The van der Waals surface area contributed by atoms with Gasteiger partial charge in [0, 0.05) is 25.2 Å². The molecular formula is C16H30N6. The highest BCUT2D eigenvalue weighted by molar-refractivity contribution is 5.44. The Hall–Kier alpha value is -1.59. The van der Waals surface area contributed by atoms with Crippen LogP contribution in [0.25, 0.3) is 0 Å². The minimum atomic E-state index is 0.355. The number of aromatic nitrogens is 3. The predicted octanol–water partition coefficient (Wildman–Crippen LogP) is 3.28. The fourth-order valence-electron chi connectivity index (χ4n) is 2.37. The van der Waals surface area contributed by atoms with Crippen molar-refractivity contribution < 1.29 is 0 Å². The zero-order valence-corrected chi connectivity index (χ0v) is 14.4. The molecule has 2 N–H and O–H groups in total. The number of rotatable bonds is 7. The first-order valence-corrected chi connectivity index (χ1v) is 8.66. The number of hydrogen-bond donors (Lipinski definition) is 2. The molecule has 1 saturated heterocycles. The van der Waals surface area contributed by atoms with Crippen molar-refractivity contribution in [2.75, 3.05) is 28.6 Å². The fourth-order valence-corrected chi connectivity index (χ4v) is 2.37. The van der Waals surface area contributed by atoms with Gasteiger partial charge in [-0.1, -0.05) is 13.8 Å². The van der Waals surface area contributed by atoms with Crippen LogP contribution in [0.3, 0.4) is 0 Å². The molecular weight excluding hydrogens is 276 g/mol. The largest absolute Gasteiger partial charge is 0.352 e. The van der Waals surface area contributed by atoms with Crippen LogP contribution < -0.4 is 15.5 Å². The van der Waals surface area contributed by atoms with Gasteiger partial charge < -0.3 is 15.5 Å². The minimum absolute atomic E-state index is 0.355. The highest BCUT2D eigenvalue weighted by Crippen LogP contribution is 2.19. The quantitative estimate of drug-likeness (QED) is 0.806. The third-order valence-corrected chi connectivity index (χ3v) is 4.24. The van der Waals surface area contributed by atoms with Gasteiger partial charge in [-0.25, -0.2) is 0 Å². The first-order valence-electron chi connectivity index (χ1n) is 8.66. The molecule has 6 nitrogen and oxygen atoms in total. The summed E-state index contributed by atoms with van der Waals surface area (Å²) in [7, 11) is 0. The lowest BCUT2D eigenvalue weighted by Crippen LogP contribution is -2.32. The number of anilines is 3. The first-order chi connectivity index (χ1) is 10.6. The fraction of sp³-hybridized carbons (Fsp3) is 0.812. The van der Waals surface area contributed by atoms with E-state index < -0.39 is 0 Å². The van der Waals surface area contributed by atoms with Crippen molar-refractivity contribution in [3.63, 3.8) is 0 Å². The van der Waals surface area contributed by atoms with E-state index in [4.69, 9.17) is 0 Å². The van der Waals surface area contributed by atoms with Crippen LogP contribution >= 0.6 is 0 Å². The Labute approximate surface area is 134 Å². The number of nitrogens with zero attached hydrogens (tertiary/aromatic N) is 4. The van der Waals surface area contributed by atoms with Gasteiger partial charge in [-0.3, -0.25) is 0 Å². The number of nitrogens with one attached hydrogen (secondary N) is 2. The summed E-state index contributed by atoms with van der Waals surface area (Å²) in [6, 6.07) is 0.709. The molecule has 2 heterocycles. The molecule has 2 rings (SSSR count). The molecule has 0 radical (unpaired) electrons. The molecule has 1 aliphatic heterocycles. The van der Waals surface area contributed by atoms with Crippen LogP contribution in [0.2, 0.25) is 0 Å². The molecule has 124 valence electrons. The molecule has 0 saturated carbocycles.